The quantitative estimate of drug-likeness (QED) is 0.231. The van der Waals surface area contributed by atoms with E-state index in [9.17, 15) is 8.42 Å². The Bertz CT molecular complexity index is 1290. The number of rotatable bonds is 12. The van der Waals surface area contributed by atoms with E-state index in [0.717, 1.165) is 16.7 Å². The first-order valence-electron chi connectivity index (χ1n) is 13.4. The monoisotopic (exact) mass is 585 g/mol. The molecule has 0 radical (unpaired) electrons. The molecule has 1 heterocycles. The molecule has 3 aromatic rings. The van der Waals surface area contributed by atoms with Gasteiger partial charge in [0, 0.05) is 25.5 Å². The fraction of sp³-hybridized carbons (Fsp3) is 0.467. The first kappa shape index (κ1) is 31.7. The third kappa shape index (κ3) is 7.69. The number of aromatic nitrogens is 2. The number of ether oxygens (including phenoxy) is 2. The zero-order chi connectivity index (χ0) is 29.7. The summed E-state index contributed by atoms with van der Waals surface area (Å²) in [5.74, 6) is 1.79. The zero-order valence-corrected chi connectivity index (χ0v) is 27.0. The fourth-order valence-corrected chi connectivity index (χ4v) is 6.91. The predicted molar refractivity (Wildman–Crippen MR) is 161 cm³/mol. The molecule has 0 aliphatic heterocycles. The third-order valence-electron chi connectivity index (χ3n) is 7.58. The Kier molecular flexibility index (Phi) is 10.2. The molecule has 218 valence electrons. The molecule has 3 rings (SSSR count). The molecule has 0 spiro atoms. The second-order valence-corrected chi connectivity index (χ2v) is 18.7. The molecule has 0 aliphatic carbocycles. The number of benzene rings is 2. The molecule has 2 aromatic carbocycles. The maximum absolute atomic E-state index is 14.5. The van der Waals surface area contributed by atoms with Crippen molar-refractivity contribution in [1.82, 2.24) is 14.3 Å². The molecule has 0 fully saturated rings. The SMILES string of the molecule is COc1ccc(CN(Cc2ccc(OC)cc2)S(=O)(=O)[C@@H](C)C(O[Si](C)(C)C(C)(C)C)c2ncc(C)cn2)cc1. The summed E-state index contributed by atoms with van der Waals surface area (Å²) in [5.41, 5.74) is 2.59. The van der Waals surface area contributed by atoms with E-state index in [1.54, 1.807) is 33.5 Å². The van der Waals surface area contributed by atoms with Crippen LogP contribution < -0.4 is 9.47 Å². The van der Waals surface area contributed by atoms with E-state index in [0.29, 0.717) is 17.3 Å². The minimum absolute atomic E-state index is 0.134. The van der Waals surface area contributed by atoms with Crippen LogP contribution in [0.1, 0.15) is 56.3 Å². The zero-order valence-electron chi connectivity index (χ0n) is 25.1. The summed E-state index contributed by atoms with van der Waals surface area (Å²) in [6, 6.07) is 14.9. The van der Waals surface area contributed by atoms with Gasteiger partial charge < -0.3 is 13.9 Å². The van der Waals surface area contributed by atoms with Crippen molar-refractivity contribution in [2.75, 3.05) is 14.2 Å². The second kappa shape index (κ2) is 12.8. The van der Waals surface area contributed by atoms with Crippen molar-refractivity contribution in [2.24, 2.45) is 0 Å². The van der Waals surface area contributed by atoms with E-state index in [-0.39, 0.29) is 18.1 Å². The Morgan fingerprint density at radius 2 is 1.27 bits per heavy atom. The van der Waals surface area contributed by atoms with Gasteiger partial charge in [-0.15, -0.1) is 0 Å². The number of hydrogen-bond acceptors (Lipinski definition) is 7. The smallest absolute Gasteiger partial charge is 0.220 e. The van der Waals surface area contributed by atoms with Gasteiger partial charge in [-0.05, 0) is 72.9 Å². The van der Waals surface area contributed by atoms with Gasteiger partial charge >= 0.3 is 0 Å². The topological polar surface area (TPSA) is 90.9 Å². The van der Waals surface area contributed by atoms with Crippen LogP contribution in [0.4, 0.5) is 0 Å². The lowest BCUT2D eigenvalue weighted by Gasteiger charge is -2.40. The number of sulfonamides is 1. The van der Waals surface area contributed by atoms with Gasteiger partial charge in [-0.1, -0.05) is 45.0 Å². The van der Waals surface area contributed by atoms with Crippen molar-refractivity contribution in [3.63, 3.8) is 0 Å². The van der Waals surface area contributed by atoms with Gasteiger partial charge in [0.25, 0.3) is 0 Å². The standard InChI is InChI=1S/C30H43N3O5SSi/c1-22-18-31-29(32-19-22)28(38-40(8,9)30(3,4)5)23(2)39(34,35)33(20-24-10-14-26(36-6)15-11-24)21-25-12-16-27(37-7)17-13-25/h10-19,23,28H,20-21H2,1-9H3/t23-,28?/m0/s1. The third-order valence-corrected chi connectivity index (χ3v) is 14.2. The highest BCUT2D eigenvalue weighted by atomic mass is 32.2. The number of hydrogen-bond donors (Lipinski definition) is 0. The van der Waals surface area contributed by atoms with Crippen molar-refractivity contribution in [2.45, 2.75) is 77.2 Å². The highest BCUT2D eigenvalue weighted by Gasteiger charge is 2.45. The van der Waals surface area contributed by atoms with Gasteiger partial charge in [-0.2, -0.15) is 4.31 Å². The van der Waals surface area contributed by atoms with Crippen LogP contribution in [0.3, 0.4) is 0 Å². The lowest BCUT2D eigenvalue weighted by molar-refractivity contribution is 0.168. The van der Waals surface area contributed by atoms with E-state index < -0.39 is 29.7 Å². The molecule has 8 nitrogen and oxygen atoms in total. The normalized spacial score (nSPS) is 14.2. The molecule has 1 aromatic heterocycles. The van der Waals surface area contributed by atoms with E-state index >= 15 is 0 Å². The van der Waals surface area contributed by atoms with Gasteiger partial charge in [0.2, 0.25) is 10.0 Å². The molecule has 0 N–H and O–H groups in total. The summed E-state index contributed by atoms with van der Waals surface area (Å²) in [6.07, 6.45) is 2.58. The first-order valence-corrected chi connectivity index (χ1v) is 17.8. The van der Waals surface area contributed by atoms with Gasteiger partial charge in [0.1, 0.15) is 22.9 Å². The summed E-state index contributed by atoms with van der Waals surface area (Å²) in [6.45, 7) is 14.6. The van der Waals surface area contributed by atoms with Crippen LogP contribution in [0.2, 0.25) is 18.1 Å². The Labute approximate surface area is 240 Å². The Hall–Kier alpha value is -2.79. The van der Waals surface area contributed by atoms with Crippen molar-refractivity contribution in [3.05, 3.63) is 83.4 Å². The van der Waals surface area contributed by atoms with Crippen LogP contribution in [0.15, 0.2) is 60.9 Å². The van der Waals surface area contributed by atoms with Gasteiger partial charge in [0.15, 0.2) is 14.1 Å². The fourth-order valence-electron chi connectivity index (χ4n) is 3.90. The molecule has 0 bridgehead atoms. The maximum Gasteiger partial charge on any atom is 0.220 e. The molecule has 0 amide bonds. The number of aryl methyl sites for hydroxylation is 1. The number of nitrogens with zero attached hydrogens (tertiary/aromatic N) is 3. The van der Waals surface area contributed by atoms with Crippen LogP contribution in [-0.4, -0.2) is 50.5 Å². The van der Waals surface area contributed by atoms with Gasteiger partial charge in [0.05, 0.1) is 14.2 Å². The van der Waals surface area contributed by atoms with Crippen molar-refractivity contribution < 1.29 is 22.3 Å². The summed E-state index contributed by atoms with van der Waals surface area (Å²) >= 11 is 0. The molecule has 0 saturated carbocycles. The summed E-state index contributed by atoms with van der Waals surface area (Å²) in [7, 11) is -3.11. The summed E-state index contributed by atoms with van der Waals surface area (Å²) in [5, 5.41) is -1.08. The molecule has 0 saturated heterocycles. The molecular formula is C30H43N3O5SSi. The Balaban J connectivity index is 2.05. The van der Waals surface area contributed by atoms with Crippen molar-refractivity contribution >= 4 is 18.3 Å². The van der Waals surface area contributed by atoms with Gasteiger partial charge in [-0.25, -0.2) is 18.4 Å². The molecule has 1 unspecified atom stereocenters. The minimum atomic E-state index is -3.92. The summed E-state index contributed by atoms with van der Waals surface area (Å²) < 4.78 is 47.8. The second-order valence-electron chi connectivity index (χ2n) is 11.6. The lowest BCUT2D eigenvalue weighted by Crippen LogP contribution is -2.47. The van der Waals surface area contributed by atoms with Crippen molar-refractivity contribution in [1.29, 1.82) is 0 Å². The van der Waals surface area contributed by atoms with Crippen LogP contribution in [0.25, 0.3) is 0 Å². The summed E-state index contributed by atoms with van der Waals surface area (Å²) in [4.78, 5) is 9.04. The molecular weight excluding hydrogens is 542 g/mol. The predicted octanol–water partition coefficient (Wildman–Crippen LogP) is 6.29. The first-order chi connectivity index (χ1) is 18.7. The number of methoxy groups -OCH3 is 2. The van der Waals surface area contributed by atoms with Crippen LogP contribution in [-0.2, 0) is 27.5 Å². The van der Waals surface area contributed by atoms with Crippen LogP contribution >= 0.6 is 0 Å². The van der Waals surface area contributed by atoms with E-state index in [2.05, 4.69) is 43.8 Å². The Morgan fingerprint density at radius 3 is 1.65 bits per heavy atom. The minimum Gasteiger partial charge on any atom is -0.497 e. The maximum atomic E-state index is 14.5. The van der Waals surface area contributed by atoms with E-state index in [1.165, 1.54) is 4.31 Å². The van der Waals surface area contributed by atoms with E-state index in [1.807, 2.05) is 55.5 Å². The average molecular weight is 586 g/mol. The largest absolute Gasteiger partial charge is 0.497 e. The van der Waals surface area contributed by atoms with Crippen molar-refractivity contribution in [3.8, 4) is 11.5 Å². The molecule has 10 heteroatoms. The van der Waals surface area contributed by atoms with Crippen LogP contribution in [0.5, 0.6) is 11.5 Å². The highest BCUT2D eigenvalue weighted by molar-refractivity contribution is 7.89. The average Bonchev–Trinajstić information content (AvgIpc) is 2.91. The molecule has 2 atom stereocenters. The molecule has 40 heavy (non-hydrogen) atoms. The van der Waals surface area contributed by atoms with E-state index in [4.69, 9.17) is 13.9 Å². The van der Waals surface area contributed by atoms with Crippen LogP contribution in [0, 0.1) is 6.92 Å². The lowest BCUT2D eigenvalue weighted by atomic mass is 10.2. The van der Waals surface area contributed by atoms with Gasteiger partial charge in [-0.3, -0.25) is 0 Å². The molecule has 0 aliphatic rings. The highest BCUT2D eigenvalue weighted by Crippen LogP contribution is 2.41. The Morgan fingerprint density at radius 1 is 0.850 bits per heavy atom.